The number of thiophene rings is 1. The van der Waals surface area contributed by atoms with Crippen LogP contribution in [0.15, 0.2) is 29.6 Å². The molecule has 1 aliphatic rings. The molecule has 2 unspecified atom stereocenters. The largest absolute Gasteiger partial charge is 0.311 e. The van der Waals surface area contributed by atoms with Crippen LogP contribution < -0.4 is 5.32 Å². The molecule has 2 atom stereocenters. The Kier molecular flexibility index (Phi) is 4.63. The van der Waals surface area contributed by atoms with Gasteiger partial charge in [-0.3, -0.25) is 4.90 Å². The van der Waals surface area contributed by atoms with Crippen molar-refractivity contribution in [2.45, 2.75) is 45.8 Å². The Bertz CT molecular complexity index is 590. The number of nitrogens with zero attached hydrogens (tertiary/aromatic N) is 1. The molecule has 114 valence electrons. The molecule has 1 aromatic heterocycles. The molecule has 0 bridgehead atoms. The molecule has 0 amide bonds. The van der Waals surface area contributed by atoms with Gasteiger partial charge in [-0.1, -0.05) is 39.0 Å². The Morgan fingerprint density at radius 2 is 2.14 bits per heavy atom. The SMILES string of the molecule is CCC1CNC(C(C)C)CN1Cc1csc2ccccc12. The summed E-state index contributed by atoms with van der Waals surface area (Å²) < 4.78 is 1.41. The molecule has 1 aromatic carbocycles. The van der Waals surface area contributed by atoms with Crippen LogP contribution in [-0.4, -0.2) is 30.1 Å². The molecule has 0 saturated carbocycles. The monoisotopic (exact) mass is 302 g/mol. The average molecular weight is 302 g/mol. The van der Waals surface area contributed by atoms with E-state index in [1.807, 2.05) is 11.3 Å². The van der Waals surface area contributed by atoms with Crippen molar-refractivity contribution >= 4 is 21.4 Å². The molecule has 1 aliphatic heterocycles. The van der Waals surface area contributed by atoms with E-state index in [0.29, 0.717) is 18.0 Å². The Labute approximate surface area is 132 Å². The highest BCUT2D eigenvalue weighted by atomic mass is 32.1. The van der Waals surface area contributed by atoms with E-state index in [4.69, 9.17) is 0 Å². The van der Waals surface area contributed by atoms with Crippen LogP contribution in [0.5, 0.6) is 0 Å². The molecular formula is C18H26N2S. The van der Waals surface area contributed by atoms with Crippen LogP contribution in [0.4, 0.5) is 0 Å². The lowest BCUT2D eigenvalue weighted by atomic mass is 9.98. The zero-order chi connectivity index (χ0) is 14.8. The highest BCUT2D eigenvalue weighted by Crippen LogP contribution is 2.28. The number of piperazine rings is 1. The van der Waals surface area contributed by atoms with E-state index in [1.165, 1.54) is 28.6 Å². The number of hydrogen-bond donors (Lipinski definition) is 1. The normalized spacial score (nSPS) is 24.0. The van der Waals surface area contributed by atoms with Crippen LogP contribution in [0.3, 0.4) is 0 Å². The number of rotatable bonds is 4. The lowest BCUT2D eigenvalue weighted by molar-refractivity contribution is 0.104. The Morgan fingerprint density at radius 3 is 2.90 bits per heavy atom. The summed E-state index contributed by atoms with van der Waals surface area (Å²) in [5.41, 5.74) is 1.50. The fourth-order valence-corrected chi connectivity index (χ4v) is 4.25. The first-order valence-electron chi connectivity index (χ1n) is 8.11. The number of hydrogen-bond acceptors (Lipinski definition) is 3. The third-order valence-corrected chi connectivity index (χ3v) is 5.79. The molecule has 1 N–H and O–H groups in total. The van der Waals surface area contributed by atoms with E-state index in [0.717, 1.165) is 13.1 Å². The minimum absolute atomic E-state index is 0.623. The van der Waals surface area contributed by atoms with Gasteiger partial charge in [0.2, 0.25) is 0 Å². The van der Waals surface area contributed by atoms with E-state index in [9.17, 15) is 0 Å². The summed E-state index contributed by atoms with van der Waals surface area (Å²) in [5.74, 6) is 0.699. The standard InChI is InChI=1S/C18H26N2S/c1-4-15-9-19-17(13(2)3)11-20(15)10-14-12-21-18-8-6-5-7-16(14)18/h5-8,12-13,15,17,19H,4,9-11H2,1-3H3. The topological polar surface area (TPSA) is 15.3 Å². The van der Waals surface area contributed by atoms with Crippen molar-refractivity contribution in [2.75, 3.05) is 13.1 Å². The summed E-state index contributed by atoms with van der Waals surface area (Å²) in [6.07, 6.45) is 1.22. The average Bonchev–Trinajstić information content (AvgIpc) is 2.90. The van der Waals surface area contributed by atoms with Crippen LogP contribution in [0, 0.1) is 5.92 Å². The number of benzene rings is 1. The summed E-state index contributed by atoms with van der Waals surface area (Å²) in [5, 5.41) is 7.52. The number of fused-ring (bicyclic) bond motifs is 1. The maximum Gasteiger partial charge on any atom is 0.0346 e. The molecule has 2 aromatic rings. The van der Waals surface area contributed by atoms with E-state index in [2.05, 4.69) is 60.6 Å². The second-order valence-electron chi connectivity index (χ2n) is 6.51. The Hall–Kier alpha value is -0.900. The van der Waals surface area contributed by atoms with Crippen molar-refractivity contribution in [2.24, 2.45) is 5.92 Å². The van der Waals surface area contributed by atoms with Gasteiger partial charge in [0.25, 0.3) is 0 Å². The molecule has 1 saturated heterocycles. The van der Waals surface area contributed by atoms with Crippen LogP contribution in [0.2, 0.25) is 0 Å². The predicted molar refractivity (Wildman–Crippen MR) is 92.9 cm³/mol. The fourth-order valence-electron chi connectivity index (χ4n) is 3.30. The van der Waals surface area contributed by atoms with Gasteiger partial charge in [-0.05, 0) is 34.7 Å². The summed E-state index contributed by atoms with van der Waals surface area (Å²) in [4.78, 5) is 2.69. The molecule has 2 nitrogen and oxygen atoms in total. The van der Waals surface area contributed by atoms with E-state index >= 15 is 0 Å². The molecule has 21 heavy (non-hydrogen) atoms. The lowest BCUT2D eigenvalue weighted by Gasteiger charge is -2.41. The molecule has 0 radical (unpaired) electrons. The highest BCUT2D eigenvalue weighted by molar-refractivity contribution is 7.17. The van der Waals surface area contributed by atoms with Crippen molar-refractivity contribution in [1.82, 2.24) is 10.2 Å². The zero-order valence-electron chi connectivity index (χ0n) is 13.3. The van der Waals surface area contributed by atoms with Crippen molar-refractivity contribution < 1.29 is 0 Å². The number of nitrogens with one attached hydrogen (secondary N) is 1. The third-order valence-electron chi connectivity index (χ3n) is 4.77. The van der Waals surface area contributed by atoms with Crippen molar-refractivity contribution in [3.63, 3.8) is 0 Å². The summed E-state index contributed by atoms with van der Waals surface area (Å²) in [6, 6.07) is 10.1. The molecule has 0 aliphatic carbocycles. The van der Waals surface area contributed by atoms with E-state index < -0.39 is 0 Å². The zero-order valence-corrected chi connectivity index (χ0v) is 14.1. The molecular weight excluding hydrogens is 276 g/mol. The van der Waals surface area contributed by atoms with Gasteiger partial charge in [0.1, 0.15) is 0 Å². The smallest absolute Gasteiger partial charge is 0.0346 e. The van der Waals surface area contributed by atoms with E-state index in [1.54, 1.807) is 0 Å². The van der Waals surface area contributed by atoms with Gasteiger partial charge in [0, 0.05) is 36.4 Å². The summed E-state index contributed by atoms with van der Waals surface area (Å²) in [7, 11) is 0. The summed E-state index contributed by atoms with van der Waals surface area (Å²) in [6.45, 7) is 10.3. The second kappa shape index (κ2) is 6.47. The molecule has 3 heteroatoms. The molecule has 3 rings (SSSR count). The van der Waals surface area contributed by atoms with Gasteiger partial charge in [-0.15, -0.1) is 11.3 Å². The van der Waals surface area contributed by atoms with Crippen molar-refractivity contribution in [1.29, 1.82) is 0 Å². The summed E-state index contributed by atoms with van der Waals surface area (Å²) >= 11 is 1.88. The Morgan fingerprint density at radius 1 is 1.33 bits per heavy atom. The quantitative estimate of drug-likeness (QED) is 0.914. The van der Waals surface area contributed by atoms with Gasteiger partial charge in [0.15, 0.2) is 0 Å². The first-order chi connectivity index (χ1) is 10.2. The van der Waals surface area contributed by atoms with Gasteiger partial charge in [0.05, 0.1) is 0 Å². The first-order valence-corrected chi connectivity index (χ1v) is 8.99. The minimum Gasteiger partial charge on any atom is -0.311 e. The van der Waals surface area contributed by atoms with Crippen LogP contribution in [0.25, 0.3) is 10.1 Å². The van der Waals surface area contributed by atoms with Crippen LogP contribution in [0.1, 0.15) is 32.8 Å². The first kappa shape index (κ1) is 15.0. The van der Waals surface area contributed by atoms with Crippen LogP contribution in [-0.2, 0) is 6.54 Å². The third kappa shape index (κ3) is 3.15. The maximum atomic E-state index is 3.73. The predicted octanol–water partition coefficient (Wildman–Crippen LogP) is 4.11. The van der Waals surface area contributed by atoms with Gasteiger partial charge >= 0.3 is 0 Å². The van der Waals surface area contributed by atoms with Gasteiger partial charge in [-0.2, -0.15) is 0 Å². The highest BCUT2D eigenvalue weighted by Gasteiger charge is 2.28. The lowest BCUT2D eigenvalue weighted by Crippen LogP contribution is -2.57. The fraction of sp³-hybridized carbons (Fsp3) is 0.556. The molecule has 0 spiro atoms. The second-order valence-corrected chi connectivity index (χ2v) is 7.42. The molecule has 2 heterocycles. The van der Waals surface area contributed by atoms with Crippen molar-refractivity contribution in [3.05, 3.63) is 35.2 Å². The Balaban J connectivity index is 1.80. The molecule has 1 fully saturated rings. The van der Waals surface area contributed by atoms with Gasteiger partial charge < -0.3 is 5.32 Å². The minimum atomic E-state index is 0.623. The van der Waals surface area contributed by atoms with Crippen LogP contribution >= 0.6 is 11.3 Å². The maximum absolute atomic E-state index is 3.73. The van der Waals surface area contributed by atoms with E-state index in [-0.39, 0.29) is 0 Å². The van der Waals surface area contributed by atoms with Gasteiger partial charge in [-0.25, -0.2) is 0 Å². The van der Waals surface area contributed by atoms with Crippen molar-refractivity contribution in [3.8, 4) is 0 Å².